The second-order valence-corrected chi connectivity index (χ2v) is 7.47. The molecule has 1 aliphatic rings. The SMILES string of the molecule is COc1cc(/C=C2/SC(=S)N(c3cccc(Cl)c3)C2=O)ccc1OCC#N. The molecule has 0 aromatic heterocycles. The number of halogens is 1. The highest BCUT2D eigenvalue weighted by molar-refractivity contribution is 8.27. The van der Waals surface area contributed by atoms with E-state index in [1.807, 2.05) is 6.07 Å². The number of thiocarbonyl (C=S) groups is 1. The lowest BCUT2D eigenvalue weighted by molar-refractivity contribution is -0.113. The standard InChI is InChI=1S/C19H13ClN2O3S2/c1-24-16-9-12(5-6-15(16)25-8-7-21)10-17-18(23)22(19(26)27-17)14-4-2-3-13(20)11-14/h2-6,9-11H,8H2,1H3/b17-10+. The summed E-state index contributed by atoms with van der Waals surface area (Å²) in [6, 6.07) is 14.1. The van der Waals surface area contributed by atoms with Gasteiger partial charge in [0.15, 0.2) is 22.4 Å². The first-order chi connectivity index (χ1) is 13.0. The fraction of sp³-hybridized carbons (Fsp3) is 0.105. The highest BCUT2D eigenvalue weighted by Crippen LogP contribution is 2.37. The summed E-state index contributed by atoms with van der Waals surface area (Å²) in [7, 11) is 1.51. The number of thioether (sulfide) groups is 1. The third-order valence-electron chi connectivity index (χ3n) is 3.64. The van der Waals surface area contributed by atoms with E-state index in [2.05, 4.69) is 0 Å². The Morgan fingerprint density at radius 3 is 2.81 bits per heavy atom. The molecule has 1 fully saturated rings. The van der Waals surface area contributed by atoms with Crippen molar-refractivity contribution in [2.45, 2.75) is 0 Å². The quantitative estimate of drug-likeness (QED) is 0.522. The van der Waals surface area contributed by atoms with Gasteiger partial charge in [-0.25, -0.2) is 0 Å². The van der Waals surface area contributed by atoms with Crippen LogP contribution in [-0.4, -0.2) is 23.9 Å². The molecule has 0 N–H and O–H groups in total. The number of nitrogens with zero attached hydrogens (tertiary/aromatic N) is 2. The molecule has 3 rings (SSSR count). The number of carbonyl (C=O) groups is 1. The first-order valence-electron chi connectivity index (χ1n) is 7.75. The molecule has 0 atom stereocenters. The van der Waals surface area contributed by atoms with Gasteiger partial charge in [-0.3, -0.25) is 9.69 Å². The normalized spacial score (nSPS) is 15.1. The molecule has 1 aliphatic heterocycles. The van der Waals surface area contributed by atoms with Gasteiger partial charge < -0.3 is 9.47 Å². The lowest BCUT2D eigenvalue weighted by Gasteiger charge is -2.14. The Labute approximate surface area is 171 Å². The second-order valence-electron chi connectivity index (χ2n) is 5.35. The Morgan fingerprint density at radius 2 is 2.11 bits per heavy atom. The van der Waals surface area contributed by atoms with Gasteiger partial charge in [0.2, 0.25) is 0 Å². The molecular formula is C19H13ClN2O3S2. The van der Waals surface area contributed by atoms with Crippen molar-refractivity contribution in [3.8, 4) is 17.6 Å². The molecule has 1 amide bonds. The van der Waals surface area contributed by atoms with Gasteiger partial charge in [0.05, 0.1) is 17.7 Å². The molecule has 2 aromatic carbocycles. The van der Waals surface area contributed by atoms with E-state index in [9.17, 15) is 4.79 Å². The minimum Gasteiger partial charge on any atom is -0.493 e. The zero-order valence-electron chi connectivity index (χ0n) is 14.1. The van der Waals surface area contributed by atoms with Crippen LogP contribution < -0.4 is 14.4 Å². The lowest BCUT2D eigenvalue weighted by Crippen LogP contribution is -2.27. The van der Waals surface area contributed by atoms with Crippen LogP contribution in [0.15, 0.2) is 47.4 Å². The van der Waals surface area contributed by atoms with Crippen LogP contribution in [0.25, 0.3) is 6.08 Å². The van der Waals surface area contributed by atoms with Crippen molar-refractivity contribution in [3.63, 3.8) is 0 Å². The van der Waals surface area contributed by atoms with Crippen molar-refractivity contribution >= 4 is 57.6 Å². The summed E-state index contributed by atoms with van der Waals surface area (Å²) in [4.78, 5) is 14.8. The van der Waals surface area contributed by atoms with Crippen LogP contribution in [0.2, 0.25) is 5.02 Å². The smallest absolute Gasteiger partial charge is 0.270 e. The van der Waals surface area contributed by atoms with E-state index in [4.69, 9.17) is 38.6 Å². The second kappa shape index (κ2) is 8.44. The Hall–Kier alpha value is -2.53. The maximum Gasteiger partial charge on any atom is 0.270 e. The number of carbonyl (C=O) groups excluding carboxylic acids is 1. The maximum absolute atomic E-state index is 12.8. The van der Waals surface area contributed by atoms with Crippen molar-refractivity contribution in [3.05, 3.63) is 58.0 Å². The van der Waals surface area contributed by atoms with E-state index in [1.54, 1.807) is 48.5 Å². The van der Waals surface area contributed by atoms with Crippen LogP contribution in [0.4, 0.5) is 5.69 Å². The van der Waals surface area contributed by atoms with E-state index in [0.29, 0.717) is 31.4 Å². The van der Waals surface area contributed by atoms with E-state index >= 15 is 0 Å². The first kappa shape index (κ1) is 19.2. The number of amides is 1. The van der Waals surface area contributed by atoms with Crippen LogP contribution in [0.3, 0.4) is 0 Å². The zero-order chi connectivity index (χ0) is 19.4. The molecule has 0 bridgehead atoms. The molecule has 0 aliphatic carbocycles. The Balaban J connectivity index is 1.88. The van der Waals surface area contributed by atoms with Gasteiger partial charge >= 0.3 is 0 Å². The number of methoxy groups -OCH3 is 1. The first-order valence-corrected chi connectivity index (χ1v) is 9.35. The minimum absolute atomic E-state index is 0.0754. The highest BCUT2D eigenvalue weighted by Gasteiger charge is 2.33. The molecular weight excluding hydrogens is 404 g/mol. The summed E-state index contributed by atoms with van der Waals surface area (Å²) in [6.07, 6.45) is 1.74. The topological polar surface area (TPSA) is 62.6 Å². The molecule has 8 heteroatoms. The van der Waals surface area contributed by atoms with Crippen molar-refractivity contribution < 1.29 is 14.3 Å². The van der Waals surface area contributed by atoms with Crippen LogP contribution in [0, 0.1) is 11.3 Å². The van der Waals surface area contributed by atoms with Gasteiger partial charge in [0.1, 0.15) is 6.07 Å². The van der Waals surface area contributed by atoms with Crippen LogP contribution in [0.1, 0.15) is 5.56 Å². The van der Waals surface area contributed by atoms with Gasteiger partial charge in [-0.05, 0) is 42.0 Å². The average Bonchev–Trinajstić information content (AvgIpc) is 2.93. The Kier molecular flexibility index (Phi) is 6.01. The van der Waals surface area contributed by atoms with Crippen molar-refractivity contribution in [2.75, 3.05) is 18.6 Å². The largest absolute Gasteiger partial charge is 0.493 e. The molecule has 1 heterocycles. The van der Waals surface area contributed by atoms with Gasteiger partial charge in [-0.2, -0.15) is 5.26 Å². The number of ether oxygens (including phenoxy) is 2. The van der Waals surface area contributed by atoms with Crippen molar-refractivity contribution in [1.29, 1.82) is 5.26 Å². The van der Waals surface area contributed by atoms with Gasteiger partial charge in [-0.15, -0.1) is 0 Å². The van der Waals surface area contributed by atoms with Crippen LogP contribution in [-0.2, 0) is 4.79 Å². The number of nitriles is 1. The van der Waals surface area contributed by atoms with Crippen LogP contribution in [0.5, 0.6) is 11.5 Å². The summed E-state index contributed by atoms with van der Waals surface area (Å²) in [5.74, 6) is 0.725. The molecule has 0 saturated carbocycles. The van der Waals surface area contributed by atoms with Crippen LogP contribution >= 0.6 is 35.6 Å². The zero-order valence-corrected chi connectivity index (χ0v) is 16.5. The van der Waals surface area contributed by atoms with Crippen molar-refractivity contribution in [1.82, 2.24) is 0 Å². The summed E-state index contributed by atoms with van der Waals surface area (Å²) >= 11 is 12.6. The lowest BCUT2D eigenvalue weighted by atomic mass is 10.2. The third-order valence-corrected chi connectivity index (χ3v) is 5.18. The summed E-state index contributed by atoms with van der Waals surface area (Å²) in [5.41, 5.74) is 1.38. The number of benzene rings is 2. The molecule has 0 unspecified atom stereocenters. The maximum atomic E-state index is 12.8. The summed E-state index contributed by atoms with van der Waals surface area (Å²) in [6.45, 7) is -0.0754. The summed E-state index contributed by atoms with van der Waals surface area (Å²) in [5, 5.41) is 9.17. The summed E-state index contributed by atoms with van der Waals surface area (Å²) < 4.78 is 11.0. The molecule has 0 radical (unpaired) electrons. The average molecular weight is 417 g/mol. The number of hydrogen-bond acceptors (Lipinski definition) is 6. The number of rotatable bonds is 5. The Morgan fingerprint density at radius 1 is 1.30 bits per heavy atom. The van der Waals surface area contributed by atoms with E-state index in [-0.39, 0.29) is 12.5 Å². The fourth-order valence-electron chi connectivity index (χ4n) is 2.46. The molecule has 0 spiro atoms. The van der Waals surface area contributed by atoms with Gasteiger partial charge in [0, 0.05) is 5.02 Å². The van der Waals surface area contributed by atoms with E-state index in [1.165, 1.54) is 23.8 Å². The molecule has 1 saturated heterocycles. The monoisotopic (exact) mass is 416 g/mol. The van der Waals surface area contributed by atoms with Crippen molar-refractivity contribution in [2.24, 2.45) is 0 Å². The fourth-order valence-corrected chi connectivity index (χ4v) is 3.94. The van der Waals surface area contributed by atoms with E-state index in [0.717, 1.165) is 5.56 Å². The predicted octanol–water partition coefficient (Wildman–Crippen LogP) is 4.66. The molecule has 5 nitrogen and oxygen atoms in total. The van der Waals surface area contributed by atoms with Gasteiger partial charge in [-0.1, -0.05) is 47.7 Å². The number of anilines is 1. The molecule has 27 heavy (non-hydrogen) atoms. The molecule has 136 valence electrons. The molecule has 2 aromatic rings. The predicted molar refractivity (Wildman–Crippen MR) is 111 cm³/mol. The van der Waals surface area contributed by atoms with Gasteiger partial charge in [0.25, 0.3) is 5.91 Å². The number of hydrogen-bond donors (Lipinski definition) is 0. The third kappa shape index (κ3) is 4.25. The highest BCUT2D eigenvalue weighted by atomic mass is 35.5. The Bertz CT molecular complexity index is 985. The minimum atomic E-state index is -0.212. The van der Waals surface area contributed by atoms with E-state index < -0.39 is 0 Å².